The minimum Gasteiger partial charge on any atom is -0.472 e. The van der Waals surface area contributed by atoms with Gasteiger partial charge in [0, 0.05) is 24.7 Å². The number of hydrogen-bond acceptors (Lipinski definition) is 7. The Morgan fingerprint density at radius 3 is 2.60 bits per heavy atom. The Morgan fingerprint density at radius 2 is 1.91 bits per heavy atom. The molecule has 2 aliphatic rings. The van der Waals surface area contributed by atoms with Gasteiger partial charge >= 0.3 is 6.18 Å². The Hall–Kier alpha value is -4.07. The maximum Gasteiger partial charge on any atom is 0.421 e. The lowest BCUT2D eigenvalue weighted by atomic mass is 10.0. The molecule has 1 fully saturated rings. The molecule has 0 saturated carbocycles. The lowest BCUT2D eigenvalue weighted by Crippen LogP contribution is -2.34. The van der Waals surface area contributed by atoms with Crippen molar-refractivity contribution in [3.63, 3.8) is 0 Å². The maximum absolute atomic E-state index is 15.8. The predicted molar refractivity (Wildman–Crippen MR) is 157 cm³/mol. The molecule has 7 rings (SSSR count). The average molecular weight is 642 g/mol. The maximum atomic E-state index is 15.8. The highest BCUT2D eigenvalue weighted by atomic mass is 35.5. The van der Waals surface area contributed by atoms with Crippen LogP contribution < -0.4 is 4.74 Å². The highest BCUT2D eigenvalue weighted by molar-refractivity contribution is 6.30. The van der Waals surface area contributed by atoms with Gasteiger partial charge in [-0.05, 0) is 61.2 Å². The van der Waals surface area contributed by atoms with E-state index in [1.54, 1.807) is 37.3 Å². The van der Waals surface area contributed by atoms with Gasteiger partial charge in [0.2, 0.25) is 5.88 Å². The number of imidazole rings is 1. The summed E-state index contributed by atoms with van der Waals surface area (Å²) in [6, 6.07) is 11.3. The SMILES string of the molecule is Cc1nc(-c2ccc3c(nc(CN4CCc5cc(C(F)(F)F)c(OCc6ccc(Cl)cc6)nc5C4)n3C[C@@H]3CCO3)c2F)n[nH]1. The zero-order valence-corrected chi connectivity index (χ0v) is 24.9. The number of hydrogen-bond donors (Lipinski definition) is 1. The van der Waals surface area contributed by atoms with E-state index in [9.17, 15) is 13.2 Å². The van der Waals surface area contributed by atoms with Gasteiger partial charge in [-0.15, -0.1) is 0 Å². The van der Waals surface area contributed by atoms with Crippen molar-refractivity contribution in [2.75, 3.05) is 13.2 Å². The van der Waals surface area contributed by atoms with Crippen LogP contribution in [0, 0.1) is 12.7 Å². The molecule has 5 heterocycles. The molecule has 0 aliphatic carbocycles. The molecule has 2 aliphatic heterocycles. The fourth-order valence-corrected chi connectivity index (χ4v) is 5.80. The quantitative estimate of drug-likeness (QED) is 0.200. The Balaban J connectivity index is 1.18. The molecule has 2 aromatic carbocycles. The summed E-state index contributed by atoms with van der Waals surface area (Å²) in [5, 5.41) is 7.35. The summed E-state index contributed by atoms with van der Waals surface area (Å²) in [6.07, 6.45) is -3.39. The molecule has 1 atom stereocenters. The van der Waals surface area contributed by atoms with Crippen LogP contribution in [0.2, 0.25) is 5.02 Å². The van der Waals surface area contributed by atoms with Gasteiger partial charge in [0.05, 0.1) is 36.0 Å². The minimum absolute atomic E-state index is 0.00979. The average Bonchev–Trinajstić information content (AvgIpc) is 3.57. The number of aryl methyl sites for hydroxylation is 1. The van der Waals surface area contributed by atoms with Gasteiger partial charge < -0.3 is 14.0 Å². The van der Waals surface area contributed by atoms with Crippen molar-refractivity contribution in [2.45, 2.75) is 58.3 Å². The number of H-pyrrole nitrogens is 1. The molecule has 1 saturated heterocycles. The van der Waals surface area contributed by atoms with E-state index < -0.39 is 23.4 Å². The molecule has 1 N–H and O–H groups in total. The molecule has 234 valence electrons. The molecule has 9 nitrogen and oxygen atoms in total. The molecule has 14 heteroatoms. The standard InChI is InChI=1S/C31H28ClF4N7O2/c1-17-37-29(41-40-17)22-6-7-25-28(27(22)33)39-26(43(25)13-21-9-11-44-21)15-42-10-8-19-12-23(31(34,35)36)30(38-24(19)14-42)45-16-18-2-4-20(32)5-3-18/h2-7,12,21H,8-11,13-16H2,1H3,(H,37,40,41)/t21-/m0/s1. The highest BCUT2D eigenvalue weighted by Crippen LogP contribution is 2.38. The van der Waals surface area contributed by atoms with Crippen LogP contribution in [0.25, 0.3) is 22.4 Å². The second-order valence-corrected chi connectivity index (χ2v) is 11.7. The van der Waals surface area contributed by atoms with Gasteiger partial charge in [0.25, 0.3) is 0 Å². The Kier molecular flexibility index (Phi) is 7.70. The van der Waals surface area contributed by atoms with Crippen molar-refractivity contribution >= 4 is 22.6 Å². The molecule has 3 aromatic heterocycles. The van der Waals surface area contributed by atoms with E-state index >= 15 is 4.39 Å². The third kappa shape index (κ3) is 5.99. The molecule has 0 radical (unpaired) electrons. The van der Waals surface area contributed by atoms with E-state index in [1.807, 2.05) is 15.5 Å². The normalized spacial score (nSPS) is 17.0. The number of aromatic amines is 1. The third-order valence-corrected chi connectivity index (χ3v) is 8.39. The number of fused-ring (bicyclic) bond motifs is 2. The van der Waals surface area contributed by atoms with Gasteiger partial charge in [0.1, 0.15) is 29.3 Å². The second-order valence-electron chi connectivity index (χ2n) is 11.3. The van der Waals surface area contributed by atoms with Crippen molar-refractivity contribution in [1.29, 1.82) is 0 Å². The number of alkyl halides is 3. The van der Waals surface area contributed by atoms with E-state index in [-0.39, 0.29) is 36.2 Å². The molecule has 0 bridgehead atoms. The van der Waals surface area contributed by atoms with Crippen molar-refractivity contribution < 1.29 is 27.0 Å². The highest BCUT2D eigenvalue weighted by Gasteiger charge is 2.37. The summed E-state index contributed by atoms with van der Waals surface area (Å²) in [7, 11) is 0. The topological polar surface area (TPSA) is 94.0 Å². The molecule has 5 aromatic rings. The van der Waals surface area contributed by atoms with Crippen LogP contribution in [0.3, 0.4) is 0 Å². The molecule has 0 amide bonds. The summed E-state index contributed by atoms with van der Waals surface area (Å²) < 4.78 is 71.1. The van der Waals surface area contributed by atoms with E-state index in [0.717, 1.165) is 12.5 Å². The number of ether oxygens (including phenoxy) is 2. The summed E-state index contributed by atoms with van der Waals surface area (Å²) in [5.41, 5.74) is 1.84. The number of rotatable bonds is 8. The monoisotopic (exact) mass is 641 g/mol. The Bertz CT molecular complexity index is 1870. The van der Waals surface area contributed by atoms with E-state index in [4.69, 9.17) is 26.1 Å². The third-order valence-electron chi connectivity index (χ3n) is 8.14. The van der Waals surface area contributed by atoms with E-state index in [0.29, 0.717) is 71.7 Å². The minimum atomic E-state index is -4.63. The summed E-state index contributed by atoms with van der Waals surface area (Å²) in [4.78, 5) is 15.4. The first-order valence-electron chi connectivity index (χ1n) is 14.5. The van der Waals surface area contributed by atoms with Crippen LogP contribution in [0.5, 0.6) is 5.88 Å². The number of halogens is 5. The van der Waals surface area contributed by atoms with Crippen LogP contribution in [0.4, 0.5) is 17.6 Å². The fraction of sp³-hybridized carbons (Fsp3) is 0.355. The van der Waals surface area contributed by atoms with Crippen molar-refractivity contribution in [1.82, 2.24) is 34.6 Å². The number of aromatic nitrogens is 6. The first-order valence-corrected chi connectivity index (χ1v) is 14.9. The van der Waals surface area contributed by atoms with Crippen LogP contribution in [-0.2, 0) is 43.6 Å². The van der Waals surface area contributed by atoms with Crippen LogP contribution in [0.15, 0.2) is 42.5 Å². The zero-order valence-electron chi connectivity index (χ0n) is 24.2. The van der Waals surface area contributed by atoms with Crippen molar-refractivity contribution in [2.24, 2.45) is 0 Å². The number of benzene rings is 2. The Labute approximate surface area is 260 Å². The number of pyridine rings is 1. The number of nitrogens with one attached hydrogen (secondary N) is 1. The fourth-order valence-electron chi connectivity index (χ4n) is 5.68. The van der Waals surface area contributed by atoms with Gasteiger partial charge in [-0.1, -0.05) is 23.7 Å². The van der Waals surface area contributed by atoms with Crippen molar-refractivity contribution in [3.05, 3.63) is 87.3 Å². The smallest absolute Gasteiger partial charge is 0.421 e. The lowest BCUT2D eigenvalue weighted by Gasteiger charge is -2.30. The van der Waals surface area contributed by atoms with Gasteiger partial charge in [-0.25, -0.2) is 19.3 Å². The van der Waals surface area contributed by atoms with E-state index in [1.165, 1.54) is 0 Å². The first kappa shape index (κ1) is 29.6. The first-order chi connectivity index (χ1) is 21.6. The van der Waals surface area contributed by atoms with Crippen LogP contribution >= 0.6 is 11.6 Å². The molecule has 0 unspecified atom stereocenters. The van der Waals surface area contributed by atoms with Crippen molar-refractivity contribution in [3.8, 4) is 17.3 Å². The predicted octanol–water partition coefficient (Wildman–Crippen LogP) is 6.26. The van der Waals surface area contributed by atoms with E-state index in [2.05, 4.69) is 20.2 Å². The summed E-state index contributed by atoms with van der Waals surface area (Å²) in [6.45, 7) is 3.91. The zero-order chi connectivity index (χ0) is 31.3. The molecule has 0 spiro atoms. The lowest BCUT2D eigenvalue weighted by molar-refractivity contribution is -0.139. The summed E-state index contributed by atoms with van der Waals surface area (Å²) in [5.74, 6) is 0.449. The Morgan fingerprint density at radius 1 is 1.11 bits per heavy atom. The van der Waals surface area contributed by atoms with Gasteiger partial charge in [-0.3, -0.25) is 10.00 Å². The van der Waals surface area contributed by atoms with Gasteiger partial charge in [-0.2, -0.15) is 18.3 Å². The molecular weight excluding hydrogens is 614 g/mol. The number of nitrogens with zero attached hydrogens (tertiary/aromatic N) is 6. The second kappa shape index (κ2) is 11.7. The largest absolute Gasteiger partial charge is 0.472 e. The van der Waals surface area contributed by atoms with Gasteiger partial charge in [0.15, 0.2) is 11.6 Å². The summed E-state index contributed by atoms with van der Waals surface area (Å²) >= 11 is 5.93. The van der Waals surface area contributed by atoms with Crippen LogP contribution in [0.1, 0.15) is 40.5 Å². The van der Waals surface area contributed by atoms with Crippen LogP contribution in [-0.4, -0.2) is 53.9 Å². The molecule has 45 heavy (non-hydrogen) atoms. The molecular formula is C31H28ClF4N7O2.